The molecule has 0 spiro atoms. The molecule has 0 radical (unpaired) electrons. The number of thiazole rings is 1. The van der Waals surface area contributed by atoms with Gasteiger partial charge in [-0.2, -0.15) is 4.68 Å². The first kappa shape index (κ1) is 22.0. The Morgan fingerprint density at radius 1 is 1.29 bits per heavy atom. The predicted molar refractivity (Wildman–Crippen MR) is 124 cm³/mol. The van der Waals surface area contributed by atoms with E-state index in [0.717, 1.165) is 20.5 Å². The number of hydrogen-bond acceptors (Lipinski definition) is 6. The van der Waals surface area contributed by atoms with Gasteiger partial charge in [0, 0.05) is 14.7 Å². The zero-order chi connectivity index (χ0) is 22.3. The molecule has 1 aliphatic rings. The van der Waals surface area contributed by atoms with E-state index in [1.807, 2.05) is 0 Å². The van der Waals surface area contributed by atoms with Crippen molar-refractivity contribution in [1.82, 2.24) is 4.68 Å². The third-order valence-electron chi connectivity index (χ3n) is 4.17. The number of nitrogens with one attached hydrogen (secondary N) is 1. The Morgan fingerprint density at radius 3 is 2.81 bits per heavy atom. The molecule has 2 aromatic carbocycles. The standard InChI is InChI=1S/C19H10BrCl2N3O4S2/c20-8-1-3-12-10(5-8)15(17(27)23-12)16-18(28)25(19(30)31-16)24-14(26)7-29-13-4-2-9(21)6-11(13)22/h1-6,28H,7H2,(H,24,26). The number of amides is 2. The second kappa shape index (κ2) is 8.71. The average Bonchev–Trinajstić information content (AvgIpc) is 3.16. The fourth-order valence-corrected chi connectivity index (χ4v) is 4.91. The van der Waals surface area contributed by atoms with E-state index in [-0.39, 0.29) is 31.1 Å². The highest BCUT2D eigenvalue weighted by Gasteiger charge is 2.26. The van der Waals surface area contributed by atoms with Gasteiger partial charge in [0.2, 0.25) is 5.88 Å². The van der Waals surface area contributed by atoms with Crippen LogP contribution in [0.15, 0.2) is 45.9 Å². The van der Waals surface area contributed by atoms with Gasteiger partial charge in [0.25, 0.3) is 11.8 Å². The Kier molecular flexibility index (Phi) is 6.18. The van der Waals surface area contributed by atoms with Crippen molar-refractivity contribution in [3.63, 3.8) is 0 Å². The topological polar surface area (TPSA) is 92.9 Å². The number of aromatic nitrogens is 1. The van der Waals surface area contributed by atoms with E-state index in [1.165, 1.54) is 12.1 Å². The van der Waals surface area contributed by atoms with Gasteiger partial charge in [-0.05, 0) is 48.6 Å². The van der Waals surface area contributed by atoms with E-state index in [4.69, 9.17) is 40.2 Å². The maximum absolute atomic E-state index is 12.5. The normalized spacial score (nSPS) is 12.5. The lowest BCUT2D eigenvalue weighted by Crippen LogP contribution is -2.28. The number of aromatic hydroxyl groups is 1. The number of hydrogen-bond donors (Lipinski definition) is 2. The minimum atomic E-state index is -0.600. The summed E-state index contributed by atoms with van der Waals surface area (Å²) >= 11 is 21.4. The van der Waals surface area contributed by atoms with Gasteiger partial charge in [-0.25, -0.2) is 4.99 Å². The van der Waals surface area contributed by atoms with Crippen LogP contribution in [0.4, 0.5) is 0 Å². The van der Waals surface area contributed by atoms with Crippen molar-refractivity contribution >= 4 is 80.1 Å². The Balaban J connectivity index is 1.60. The molecule has 0 atom stereocenters. The SMILES string of the molecule is O=C(COc1ccc(Cl)cc1Cl)Nn1c(O)c(C2=c3cc(Br)ccc3=NC2=O)sc1=S. The first-order valence-corrected chi connectivity index (χ1v) is 11.3. The van der Waals surface area contributed by atoms with Crippen molar-refractivity contribution in [2.24, 2.45) is 4.99 Å². The van der Waals surface area contributed by atoms with Gasteiger partial charge in [0.15, 0.2) is 10.6 Å². The molecule has 0 saturated carbocycles. The van der Waals surface area contributed by atoms with E-state index >= 15 is 0 Å². The Labute approximate surface area is 202 Å². The van der Waals surface area contributed by atoms with Crippen LogP contribution in [0.1, 0.15) is 4.88 Å². The predicted octanol–water partition coefficient (Wildman–Crippen LogP) is 3.56. The molecule has 2 N–H and O–H groups in total. The lowest BCUT2D eigenvalue weighted by Gasteiger charge is -2.10. The fraction of sp³-hybridized carbons (Fsp3) is 0.0526. The van der Waals surface area contributed by atoms with E-state index in [0.29, 0.717) is 15.6 Å². The molecule has 7 nitrogen and oxygen atoms in total. The van der Waals surface area contributed by atoms with Crippen LogP contribution in [0.5, 0.6) is 11.6 Å². The summed E-state index contributed by atoms with van der Waals surface area (Å²) in [5, 5.41) is 12.4. The summed E-state index contributed by atoms with van der Waals surface area (Å²) in [5.74, 6) is -1.20. The third-order valence-corrected chi connectivity index (χ3v) is 6.57. The molecular formula is C19H10BrCl2N3O4S2. The summed E-state index contributed by atoms with van der Waals surface area (Å²) in [6.45, 7) is -0.394. The maximum atomic E-state index is 12.5. The monoisotopic (exact) mass is 557 g/mol. The molecule has 12 heteroatoms. The Bertz CT molecular complexity index is 1430. The van der Waals surface area contributed by atoms with Crippen molar-refractivity contribution < 1.29 is 19.4 Å². The number of carbonyl (C=O) groups is 2. The van der Waals surface area contributed by atoms with E-state index in [2.05, 4.69) is 26.3 Å². The molecule has 0 saturated heterocycles. The third kappa shape index (κ3) is 4.39. The summed E-state index contributed by atoms with van der Waals surface area (Å²) in [7, 11) is 0. The van der Waals surface area contributed by atoms with Crippen LogP contribution in [0.3, 0.4) is 0 Å². The van der Waals surface area contributed by atoms with Crippen LogP contribution in [0, 0.1) is 3.95 Å². The molecule has 2 heterocycles. The van der Waals surface area contributed by atoms with Gasteiger partial charge >= 0.3 is 0 Å². The molecule has 1 aliphatic heterocycles. The molecule has 0 fully saturated rings. The fourth-order valence-electron chi connectivity index (χ4n) is 2.83. The molecule has 0 aliphatic carbocycles. The molecule has 3 aromatic rings. The van der Waals surface area contributed by atoms with Gasteiger partial charge in [-0.1, -0.05) is 50.5 Å². The molecule has 158 valence electrons. The number of ether oxygens (including phenoxy) is 1. The average molecular weight is 559 g/mol. The second-order valence-corrected chi connectivity index (χ2v) is 9.61. The van der Waals surface area contributed by atoms with Gasteiger partial charge < -0.3 is 9.84 Å². The van der Waals surface area contributed by atoms with Gasteiger partial charge in [0.1, 0.15) is 10.6 Å². The summed E-state index contributed by atoms with van der Waals surface area (Å²) < 4.78 is 7.28. The van der Waals surface area contributed by atoms with Gasteiger partial charge in [-0.15, -0.1) is 0 Å². The van der Waals surface area contributed by atoms with Crippen molar-refractivity contribution in [1.29, 1.82) is 0 Å². The summed E-state index contributed by atoms with van der Waals surface area (Å²) in [6, 6.07) is 9.78. The summed E-state index contributed by atoms with van der Waals surface area (Å²) in [6.07, 6.45) is 0. The van der Waals surface area contributed by atoms with Crippen LogP contribution in [0.2, 0.25) is 10.0 Å². The zero-order valence-corrected chi connectivity index (χ0v) is 19.9. The molecule has 0 unspecified atom stereocenters. The highest BCUT2D eigenvalue weighted by molar-refractivity contribution is 9.10. The number of halogens is 3. The van der Waals surface area contributed by atoms with E-state index in [1.54, 1.807) is 24.3 Å². The number of rotatable bonds is 5. The van der Waals surface area contributed by atoms with Crippen LogP contribution in [-0.4, -0.2) is 28.2 Å². The van der Waals surface area contributed by atoms with Crippen LogP contribution in [-0.2, 0) is 9.59 Å². The van der Waals surface area contributed by atoms with Gasteiger partial charge in [-0.3, -0.25) is 15.0 Å². The molecule has 0 bridgehead atoms. The highest BCUT2D eigenvalue weighted by atomic mass is 79.9. The first-order chi connectivity index (χ1) is 14.7. The largest absolute Gasteiger partial charge is 0.492 e. The zero-order valence-electron chi connectivity index (χ0n) is 15.2. The van der Waals surface area contributed by atoms with E-state index in [9.17, 15) is 14.7 Å². The summed E-state index contributed by atoms with van der Waals surface area (Å²) in [4.78, 5) is 29.0. The number of nitrogens with zero attached hydrogens (tertiary/aromatic N) is 2. The van der Waals surface area contributed by atoms with E-state index < -0.39 is 18.4 Å². The van der Waals surface area contributed by atoms with Crippen molar-refractivity contribution in [3.05, 3.63) is 70.3 Å². The first-order valence-electron chi connectivity index (χ1n) is 8.50. The molecule has 1 aromatic heterocycles. The lowest BCUT2D eigenvalue weighted by atomic mass is 10.1. The summed E-state index contributed by atoms with van der Waals surface area (Å²) in [5.41, 5.74) is 2.66. The number of fused-ring (bicyclic) bond motifs is 1. The Hall–Kier alpha value is -2.24. The number of benzene rings is 2. The van der Waals surface area contributed by atoms with Crippen molar-refractivity contribution in [2.45, 2.75) is 0 Å². The smallest absolute Gasteiger partial charge is 0.279 e. The minimum Gasteiger partial charge on any atom is -0.492 e. The molecular weight excluding hydrogens is 549 g/mol. The second-order valence-electron chi connectivity index (χ2n) is 6.21. The molecule has 2 amide bonds. The quantitative estimate of drug-likeness (QED) is 0.467. The number of carbonyl (C=O) groups excluding carboxylic acids is 2. The highest BCUT2D eigenvalue weighted by Crippen LogP contribution is 2.32. The van der Waals surface area contributed by atoms with Crippen LogP contribution >= 0.6 is 62.7 Å². The Morgan fingerprint density at radius 2 is 2.06 bits per heavy atom. The van der Waals surface area contributed by atoms with Crippen molar-refractivity contribution in [3.8, 4) is 11.6 Å². The molecule has 4 rings (SSSR count). The molecule has 31 heavy (non-hydrogen) atoms. The lowest BCUT2D eigenvalue weighted by molar-refractivity contribution is -0.119. The van der Waals surface area contributed by atoms with Crippen molar-refractivity contribution in [2.75, 3.05) is 12.0 Å². The van der Waals surface area contributed by atoms with Crippen LogP contribution < -0.4 is 20.7 Å². The minimum absolute atomic E-state index is 0.133. The maximum Gasteiger partial charge on any atom is 0.279 e. The van der Waals surface area contributed by atoms with Gasteiger partial charge in [0.05, 0.1) is 16.0 Å². The van der Waals surface area contributed by atoms with Crippen LogP contribution in [0.25, 0.3) is 5.57 Å².